The molecule has 6 heteroatoms. The molecule has 2 amide bonds. The van der Waals surface area contributed by atoms with Gasteiger partial charge >= 0.3 is 0 Å². The number of aromatic hydroxyl groups is 1. The summed E-state index contributed by atoms with van der Waals surface area (Å²) in [7, 11) is 2.43. The summed E-state index contributed by atoms with van der Waals surface area (Å²) >= 11 is 0. The standard InChI is InChI=1S/C17H15N2O3P/c1-10-7-11(8-14(23)16(10)21)18-13-9-15(20)19(17(13)22)12-5-3-2-4-6-12/h2-9,18,21H,23H2,1H3. The monoisotopic (exact) mass is 326 g/mol. The molecule has 1 aliphatic heterocycles. The number of benzene rings is 2. The molecule has 1 aliphatic rings. The van der Waals surface area contributed by atoms with Gasteiger partial charge in [0.25, 0.3) is 11.8 Å². The van der Waals surface area contributed by atoms with Crippen molar-refractivity contribution in [3.05, 3.63) is 59.8 Å². The summed E-state index contributed by atoms with van der Waals surface area (Å²) in [5.74, 6) is -0.600. The third-order valence-corrected chi connectivity index (χ3v) is 3.99. The van der Waals surface area contributed by atoms with E-state index in [0.717, 1.165) is 4.90 Å². The van der Waals surface area contributed by atoms with E-state index in [0.29, 0.717) is 22.2 Å². The molecule has 2 aromatic carbocycles. The molecule has 1 unspecified atom stereocenters. The number of rotatable bonds is 3. The van der Waals surface area contributed by atoms with Gasteiger partial charge in [0.05, 0.1) is 5.69 Å². The molecule has 0 bridgehead atoms. The molecule has 1 heterocycles. The van der Waals surface area contributed by atoms with Gasteiger partial charge in [0, 0.05) is 17.1 Å². The predicted molar refractivity (Wildman–Crippen MR) is 92.8 cm³/mol. The molecule has 0 saturated carbocycles. The summed E-state index contributed by atoms with van der Waals surface area (Å²) < 4.78 is 0. The molecule has 0 aromatic heterocycles. The molecule has 0 fully saturated rings. The van der Waals surface area contributed by atoms with E-state index in [9.17, 15) is 14.7 Å². The van der Waals surface area contributed by atoms with Gasteiger partial charge in [-0.25, -0.2) is 4.90 Å². The van der Waals surface area contributed by atoms with Crippen LogP contribution in [0.25, 0.3) is 0 Å². The lowest BCUT2D eigenvalue weighted by Gasteiger charge is -2.15. The number of amides is 2. The van der Waals surface area contributed by atoms with Crippen LogP contribution >= 0.6 is 9.24 Å². The average Bonchev–Trinajstić information content (AvgIpc) is 2.80. The van der Waals surface area contributed by atoms with Gasteiger partial charge < -0.3 is 10.4 Å². The molecule has 0 aliphatic carbocycles. The van der Waals surface area contributed by atoms with Gasteiger partial charge in [-0.15, -0.1) is 9.24 Å². The Bertz CT molecular complexity index is 808. The Morgan fingerprint density at radius 1 is 1.13 bits per heavy atom. The van der Waals surface area contributed by atoms with Gasteiger partial charge in [-0.1, -0.05) is 18.2 Å². The van der Waals surface area contributed by atoms with E-state index in [1.165, 1.54) is 6.08 Å². The zero-order valence-corrected chi connectivity index (χ0v) is 13.6. The molecule has 2 N–H and O–H groups in total. The van der Waals surface area contributed by atoms with Crippen molar-refractivity contribution in [2.24, 2.45) is 0 Å². The van der Waals surface area contributed by atoms with E-state index >= 15 is 0 Å². The van der Waals surface area contributed by atoms with Crippen molar-refractivity contribution in [1.29, 1.82) is 0 Å². The minimum Gasteiger partial charge on any atom is -0.507 e. The van der Waals surface area contributed by atoms with Gasteiger partial charge in [-0.3, -0.25) is 9.59 Å². The topological polar surface area (TPSA) is 69.6 Å². The van der Waals surface area contributed by atoms with Crippen LogP contribution in [0.2, 0.25) is 0 Å². The van der Waals surface area contributed by atoms with Crippen molar-refractivity contribution in [1.82, 2.24) is 0 Å². The third-order valence-electron chi connectivity index (χ3n) is 3.55. The van der Waals surface area contributed by atoms with Crippen LogP contribution in [0.15, 0.2) is 54.2 Å². The fourth-order valence-electron chi connectivity index (χ4n) is 2.42. The Labute approximate surface area is 135 Å². The Morgan fingerprint density at radius 3 is 2.48 bits per heavy atom. The number of hydrogen-bond acceptors (Lipinski definition) is 4. The average molecular weight is 326 g/mol. The summed E-state index contributed by atoms with van der Waals surface area (Å²) in [4.78, 5) is 25.7. The van der Waals surface area contributed by atoms with Gasteiger partial charge in [-0.2, -0.15) is 0 Å². The van der Waals surface area contributed by atoms with Gasteiger partial charge in [0.2, 0.25) is 0 Å². The molecule has 0 saturated heterocycles. The highest BCUT2D eigenvalue weighted by atomic mass is 31.0. The number of hydrogen-bond donors (Lipinski definition) is 2. The highest BCUT2D eigenvalue weighted by Crippen LogP contribution is 2.25. The Hall–Kier alpha value is -2.65. The minimum absolute atomic E-state index is 0.189. The Balaban J connectivity index is 1.87. The van der Waals surface area contributed by atoms with Crippen molar-refractivity contribution < 1.29 is 14.7 Å². The number of carbonyl (C=O) groups excluding carboxylic acids is 2. The second-order valence-electron chi connectivity index (χ2n) is 5.23. The molecule has 23 heavy (non-hydrogen) atoms. The van der Waals surface area contributed by atoms with Crippen LogP contribution in [0, 0.1) is 6.92 Å². The quantitative estimate of drug-likeness (QED) is 0.515. The van der Waals surface area contributed by atoms with Crippen molar-refractivity contribution in [3.8, 4) is 5.75 Å². The van der Waals surface area contributed by atoms with E-state index in [1.807, 2.05) is 6.07 Å². The van der Waals surface area contributed by atoms with Crippen molar-refractivity contribution in [2.45, 2.75) is 6.92 Å². The van der Waals surface area contributed by atoms with Crippen molar-refractivity contribution in [2.75, 3.05) is 10.2 Å². The summed E-state index contributed by atoms with van der Waals surface area (Å²) in [5.41, 5.74) is 2.04. The number of phenolic OH excluding ortho intramolecular Hbond substituents is 1. The molecule has 0 spiro atoms. The third kappa shape index (κ3) is 2.83. The van der Waals surface area contributed by atoms with Crippen LogP contribution in [-0.4, -0.2) is 16.9 Å². The van der Waals surface area contributed by atoms with E-state index in [-0.39, 0.29) is 17.4 Å². The number of phenols is 1. The maximum atomic E-state index is 12.5. The van der Waals surface area contributed by atoms with Gasteiger partial charge in [0.1, 0.15) is 11.4 Å². The summed E-state index contributed by atoms with van der Waals surface area (Å²) in [5, 5.41) is 13.4. The number of carbonyl (C=O) groups is 2. The maximum absolute atomic E-state index is 12.5. The van der Waals surface area contributed by atoms with Crippen LogP contribution < -0.4 is 15.5 Å². The number of para-hydroxylation sites is 1. The van der Waals surface area contributed by atoms with Gasteiger partial charge in [-0.05, 0) is 36.8 Å². The molecule has 5 nitrogen and oxygen atoms in total. The fraction of sp³-hybridized carbons (Fsp3) is 0.0588. The molecule has 116 valence electrons. The minimum atomic E-state index is -0.405. The molecule has 0 radical (unpaired) electrons. The van der Waals surface area contributed by atoms with Crippen LogP contribution in [0.1, 0.15) is 5.56 Å². The second-order valence-corrected chi connectivity index (χ2v) is 5.85. The van der Waals surface area contributed by atoms with E-state index in [2.05, 4.69) is 14.6 Å². The highest BCUT2D eigenvalue weighted by Gasteiger charge is 2.32. The smallest absolute Gasteiger partial charge is 0.281 e. The van der Waals surface area contributed by atoms with Crippen LogP contribution in [-0.2, 0) is 9.59 Å². The maximum Gasteiger partial charge on any atom is 0.281 e. The number of anilines is 2. The van der Waals surface area contributed by atoms with Crippen LogP contribution in [0.3, 0.4) is 0 Å². The number of imide groups is 1. The molecular weight excluding hydrogens is 311 g/mol. The van der Waals surface area contributed by atoms with E-state index in [4.69, 9.17) is 0 Å². The normalized spacial score (nSPS) is 14.2. The predicted octanol–water partition coefficient (Wildman–Crippen LogP) is 2.07. The highest BCUT2D eigenvalue weighted by molar-refractivity contribution is 7.27. The van der Waals surface area contributed by atoms with Gasteiger partial charge in [0.15, 0.2) is 0 Å². The zero-order valence-electron chi connectivity index (χ0n) is 12.4. The summed E-state index contributed by atoms with van der Waals surface area (Å²) in [6.07, 6.45) is 1.28. The first-order chi connectivity index (χ1) is 11.0. The lowest BCUT2D eigenvalue weighted by molar-refractivity contribution is -0.120. The second kappa shape index (κ2) is 5.86. The number of aryl methyl sites for hydroxylation is 1. The number of nitrogens with zero attached hydrogens (tertiary/aromatic N) is 1. The first kappa shape index (κ1) is 15.3. The van der Waals surface area contributed by atoms with Crippen molar-refractivity contribution >= 4 is 37.7 Å². The number of nitrogens with one attached hydrogen (secondary N) is 1. The fourth-order valence-corrected chi connectivity index (χ4v) is 2.82. The zero-order chi connectivity index (χ0) is 16.6. The largest absolute Gasteiger partial charge is 0.507 e. The molecule has 3 rings (SSSR count). The lowest BCUT2D eigenvalue weighted by Crippen LogP contribution is -2.31. The Kier molecular flexibility index (Phi) is 3.89. The molecule has 2 aromatic rings. The molecular formula is C17H15N2O3P. The van der Waals surface area contributed by atoms with E-state index in [1.54, 1.807) is 43.3 Å². The molecule has 1 atom stereocenters. The first-order valence-corrected chi connectivity index (χ1v) is 7.56. The van der Waals surface area contributed by atoms with E-state index < -0.39 is 5.91 Å². The SMILES string of the molecule is Cc1cc(NC2=CC(=O)N(c3ccccc3)C2=O)cc(P)c1O. The van der Waals surface area contributed by atoms with Crippen molar-refractivity contribution in [3.63, 3.8) is 0 Å². The Morgan fingerprint density at radius 2 is 1.83 bits per heavy atom. The summed E-state index contributed by atoms with van der Waals surface area (Å²) in [6, 6.07) is 12.2. The van der Waals surface area contributed by atoms with Crippen LogP contribution in [0.5, 0.6) is 5.75 Å². The van der Waals surface area contributed by atoms with Crippen LogP contribution in [0.4, 0.5) is 11.4 Å². The lowest BCUT2D eigenvalue weighted by atomic mass is 10.2. The first-order valence-electron chi connectivity index (χ1n) is 6.98. The summed E-state index contributed by atoms with van der Waals surface area (Å²) in [6.45, 7) is 1.76.